The summed E-state index contributed by atoms with van der Waals surface area (Å²) in [6.45, 7) is 3.24. The minimum absolute atomic E-state index is 0. The first kappa shape index (κ1) is 37.1. The molecular weight excluding hydrogens is 471 g/mol. The molecular formula is C28H49NaO5S. The van der Waals surface area contributed by atoms with Gasteiger partial charge < -0.3 is 9.29 Å². The molecule has 0 rings (SSSR count). The molecule has 0 saturated carbocycles. The van der Waals surface area contributed by atoms with Gasteiger partial charge in [0.2, 0.25) is 10.4 Å². The van der Waals surface area contributed by atoms with E-state index in [0.717, 1.165) is 32.1 Å². The quantitative estimate of drug-likeness (QED) is 0.0623. The Hall–Kier alpha value is -0.0500. The van der Waals surface area contributed by atoms with Crippen molar-refractivity contribution in [3.05, 3.63) is 0 Å². The van der Waals surface area contributed by atoms with E-state index in [2.05, 4.69) is 34.8 Å². The Morgan fingerprint density at radius 3 is 1.43 bits per heavy atom. The Labute approximate surface area is 239 Å². The third kappa shape index (κ3) is 36.2. The Kier molecular flexibility index (Phi) is 32.0. The number of ether oxygens (including phenoxy) is 1. The van der Waals surface area contributed by atoms with Gasteiger partial charge in [-0.25, -0.2) is 8.42 Å². The van der Waals surface area contributed by atoms with Gasteiger partial charge in [0.15, 0.2) is 0 Å². The van der Waals surface area contributed by atoms with Crippen molar-refractivity contribution in [3.63, 3.8) is 0 Å². The molecule has 0 aliphatic heterocycles. The molecule has 0 spiro atoms. The molecule has 7 heteroatoms. The predicted molar refractivity (Wildman–Crippen MR) is 140 cm³/mol. The number of hydrogen-bond donors (Lipinski definition) is 0. The van der Waals surface area contributed by atoms with Crippen LogP contribution >= 0.6 is 0 Å². The molecule has 0 aliphatic carbocycles. The van der Waals surface area contributed by atoms with E-state index in [4.69, 9.17) is 4.74 Å². The molecule has 0 aromatic rings. The Morgan fingerprint density at radius 1 is 0.571 bits per heavy atom. The van der Waals surface area contributed by atoms with Gasteiger partial charge in [-0.05, 0) is 37.5 Å². The second-order valence-corrected chi connectivity index (χ2v) is 10.0. The molecule has 0 heterocycles. The zero-order valence-corrected chi connectivity index (χ0v) is 25.5. The maximum Gasteiger partial charge on any atom is 1.00 e. The zero-order valence-electron chi connectivity index (χ0n) is 22.7. The van der Waals surface area contributed by atoms with Crippen LogP contribution in [-0.2, 0) is 19.3 Å². The SMILES string of the molecule is CCCCCCCCCCCCC#CC#CCCCCCCCCCOCCCOS(=O)(=O)[O-].[Na+]. The Bertz CT molecular complexity index is 658. The molecule has 0 bridgehead atoms. The van der Waals surface area contributed by atoms with Crippen LogP contribution < -0.4 is 29.6 Å². The van der Waals surface area contributed by atoms with Crippen molar-refractivity contribution in [2.45, 2.75) is 135 Å². The summed E-state index contributed by atoms with van der Waals surface area (Å²) in [7, 11) is -4.57. The van der Waals surface area contributed by atoms with Gasteiger partial charge in [-0.3, -0.25) is 4.18 Å². The summed E-state index contributed by atoms with van der Waals surface area (Å²) < 4.78 is 40.2. The fraction of sp³-hybridized carbons (Fsp3) is 0.857. The fourth-order valence-corrected chi connectivity index (χ4v) is 3.96. The normalized spacial score (nSPS) is 10.7. The second kappa shape index (κ2) is 30.2. The molecule has 0 N–H and O–H groups in total. The van der Waals surface area contributed by atoms with Crippen LogP contribution in [0.15, 0.2) is 0 Å². The molecule has 5 nitrogen and oxygen atoms in total. The van der Waals surface area contributed by atoms with Crippen LogP contribution in [0.1, 0.15) is 135 Å². The van der Waals surface area contributed by atoms with E-state index in [1.807, 2.05) is 0 Å². The fourth-order valence-electron chi connectivity index (χ4n) is 3.64. The maximum atomic E-state index is 10.2. The molecule has 0 unspecified atom stereocenters. The van der Waals surface area contributed by atoms with Crippen molar-refractivity contribution in [1.82, 2.24) is 0 Å². The average molecular weight is 521 g/mol. The summed E-state index contributed by atoms with van der Waals surface area (Å²) in [5.74, 6) is 12.4. The van der Waals surface area contributed by atoms with Gasteiger partial charge >= 0.3 is 29.6 Å². The standard InChI is InChI=1S/C28H50O5S.Na/c1-2-3-4-5-6-7-8-9-10-11-12-13-14-15-16-17-18-19-20-21-22-23-24-26-32-27-25-28-33-34(29,30)31;/h2-12,17-28H2,1H3,(H,29,30,31);/q;+1/p-1. The van der Waals surface area contributed by atoms with Gasteiger partial charge in [-0.15, -0.1) is 0 Å². The first-order valence-electron chi connectivity index (χ1n) is 13.7. The van der Waals surface area contributed by atoms with Crippen molar-refractivity contribution in [2.75, 3.05) is 19.8 Å². The second-order valence-electron chi connectivity index (χ2n) is 8.96. The summed E-state index contributed by atoms with van der Waals surface area (Å²) in [5, 5.41) is 0. The van der Waals surface area contributed by atoms with E-state index in [1.54, 1.807) is 0 Å². The summed E-state index contributed by atoms with van der Waals surface area (Å²) in [6.07, 6.45) is 24.1. The van der Waals surface area contributed by atoms with Crippen LogP contribution in [0.2, 0.25) is 0 Å². The number of unbranched alkanes of at least 4 members (excludes halogenated alkanes) is 17. The van der Waals surface area contributed by atoms with Gasteiger partial charge in [0, 0.05) is 26.1 Å². The molecule has 35 heavy (non-hydrogen) atoms. The first-order chi connectivity index (χ1) is 16.6. The van der Waals surface area contributed by atoms with Gasteiger partial charge in [0.05, 0.1) is 6.61 Å². The van der Waals surface area contributed by atoms with Crippen LogP contribution in [-0.4, -0.2) is 32.8 Å². The molecule has 198 valence electrons. The molecule has 0 fully saturated rings. The van der Waals surface area contributed by atoms with Crippen LogP contribution in [0.4, 0.5) is 0 Å². The molecule has 0 atom stereocenters. The number of rotatable bonds is 24. The van der Waals surface area contributed by atoms with E-state index < -0.39 is 10.4 Å². The minimum Gasteiger partial charge on any atom is -0.726 e. The van der Waals surface area contributed by atoms with Crippen molar-refractivity contribution in [2.24, 2.45) is 0 Å². The average Bonchev–Trinajstić information content (AvgIpc) is 2.80. The summed E-state index contributed by atoms with van der Waals surface area (Å²) in [6, 6.07) is 0. The molecule has 0 aliphatic rings. The Balaban J connectivity index is 0. The van der Waals surface area contributed by atoms with Crippen LogP contribution in [0.25, 0.3) is 0 Å². The van der Waals surface area contributed by atoms with E-state index in [0.29, 0.717) is 19.6 Å². The third-order valence-corrected chi connectivity index (χ3v) is 6.10. The molecule has 0 saturated heterocycles. The van der Waals surface area contributed by atoms with E-state index in [9.17, 15) is 13.0 Å². The van der Waals surface area contributed by atoms with E-state index >= 15 is 0 Å². The first-order valence-corrected chi connectivity index (χ1v) is 15.0. The Morgan fingerprint density at radius 2 is 0.971 bits per heavy atom. The van der Waals surface area contributed by atoms with E-state index in [1.165, 1.54) is 89.9 Å². The molecule has 0 amide bonds. The van der Waals surface area contributed by atoms with Crippen LogP contribution in [0, 0.1) is 23.7 Å². The van der Waals surface area contributed by atoms with Gasteiger partial charge in [0.1, 0.15) is 0 Å². The van der Waals surface area contributed by atoms with Crippen molar-refractivity contribution in [3.8, 4) is 23.7 Å². The van der Waals surface area contributed by atoms with Crippen molar-refractivity contribution in [1.29, 1.82) is 0 Å². The third-order valence-electron chi connectivity index (χ3n) is 5.65. The zero-order chi connectivity index (χ0) is 25.0. The summed E-state index contributed by atoms with van der Waals surface area (Å²) in [5.41, 5.74) is 0. The van der Waals surface area contributed by atoms with Gasteiger partial charge in [-0.1, -0.05) is 109 Å². The maximum absolute atomic E-state index is 10.2. The topological polar surface area (TPSA) is 75.7 Å². The molecule has 0 radical (unpaired) electrons. The van der Waals surface area contributed by atoms with E-state index in [-0.39, 0.29) is 36.2 Å². The molecule has 0 aromatic heterocycles. The number of hydrogen-bond acceptors (Lipinski definition) is 5. The largest absolute Gasteiger partial charge is 1.00 e. The van der Waals surface area contributed by atoms with Gasteiger partial charge in [0.25, 0.3) is 0 Å². The van der Waals surface area contributed by atoms with Crippen LogP contribution in [0.5, 0.6) is 0 Å². The molecule has 0 aromatic carbocycles. The monoisotopic (exact) mass is 520 g/mol. The minimum atomic E-state index is -4.57. The summed E-state index contributed by atoms with van der Waals surface area (Å²) in [4.78, 5) is 0. The predicted octanol–water partition coefficient (Wildman–Crippen LogP) is 4.31. The van der Waals surface area contributed by atoms with Crippen LogP contribution in [0.3, 0.4) is 0 Å². The van der Waals surface area contributed by atoms with Crippen molar-refractivity contribution < 1.29 is 51.4 Å². The summed E-state index contributed by atoms with van der Waals surface area (Å²) >= 11 is 0. The van der Waals surface area contributed by atoms with Gasteiger partial charge in [-0.2, -0.15) is 0 Å². The smallest absolute Gasteiger partial charge is 0.726 e. The van der Waals surface area contributed by atoms with Crippen molar-refractivity contribution >= 4 is 10.4 Å².